The van der Waals surface area contributed by atoms with Crippen LogP contribution in [-0.2, 0) is 4.74 Å². The molecular weight excluding hydrogens is 295 g/mol. The van der Waals surface area contributed by atoms with Crippen molar-refractivity contribution in [2.24, 2.45) is 5.92 Å². The van der Waals surface area contributed by atoms with E-state index in [0.717, 1.165) is 12.8 Å². The second-order valence-electron chi connectivity index (χ2n) is 5.24. The first-order valence-corrected chi connectivity index (χ1v) is 8.00. The van der Waals surface area contributed by atoms with Gasteiger partial charge in [-0.1, -0.05) is 48.5 Å². The summed E-state index contributed by atoms with van der Waals surface area (Å²) < 4.78 is 5.74. The SMILES string of the molecule is CCOC(C(=O)c1cccc(Cl)c1Cl)C1CCCCC1. The van der Waals surface area contributed by atoms with Crippen LogP contribution in [0.3, 0.4) is 0 Å². The molecule has 1 aromatic rings. The normalized spacial score (nSPS) is 17.9. The van der Waals surface area contributed by atoms with Crippen molar-refractivity contribution in [3.8, 4) is 0 Å². The maximum atomic E-state index is 12.7. The van der Waals surface area contributed by atoms with Crippen molar-refractivity contribution in [3.63, 3.8) is 0 Å². The van der Waals surface area contributed by atoms with Crippen LogP contribution in [-0.4, -0.2) is 18.5 Å². The molecule has 0 aliphatic heterocycles. The lowest BCUT2D eigenvalue weighted by atomic mass is 9.82. The quantitative estimate of drug-likeness (QED) is 0.701. The summed E-state index contributed by atoms with van der Waals surface area (Å²) in [5.74, 6) is 0.262. The topological polar surface area (TPSA) is 26.3 Å². The van der Waals surface area contributed by atoms with Gasteiger partial charge in [0.25, 0.3) is 0 Å². The molecule has 2 rings (SSSR count). The molecule has 1 atom stereocenters. The van der Waals surface area contributed by atoms with E-state index >= 15 is 0 Å². The van der Waals surface area contributed by atoms with E-state index in [1.54, 1.807) is 18.2 Å². The van der Waals surface area contributed by atoms with Crippen LogP contribution in [0.25, 0.3) is 0 Å². The smallest absolute Gasteiger partial charge is 0.193 e. The van der Waals surface area contributed by atoms with Gasteiger partial charge in [0.2, 0.25) is 0 Å². The predicted molar refractivity (Wildman–Crippen MR) is 82.8 cm³/mol. The summed E-state index contributed by atoms with van der Waals surface area (Å²) in [6.45, 7) is 2.45. The highest BCUT2D eigenvalue weighted by Crippen LogP contribution is 2.32. The Morgan fingerprint density at radius 2 is 2.00 bits per heavy atom. The van der Waals surface area contributed by atoms with Crippen LogP contribution in [0.1, 0.15) is 49.4 Å². The molecule has 0 heterocycles. The molecule has 2 nitrogen and oxygen atoms in total. The molecule has 1 aliphatic rings. The summed E-state index contributed by atoms with van der Waals surface area (Å²) in [7, 11) is 0. The molecule has 0 spiro atoms. The number of carbonyl (C=O) groups excluding carboxylic acids is 1. The molecule has 4 heteroatoms. The zero-order valence-corrected chi connectivity index (χ0v) is 13.2. The minimum atomic E-state index is -0.392. The van der Waals surface area contributed by atoms with Crippen molar-refractivity contribution in [1.82, 2.24) is 0 Å². The molecule has 0 radical (unpaired) electrons. The van der Waals surface area contributed by atoms with Gasteiger partial charge in [-0.05, 0) is 37.8 Å². The standard InChI is InChI=1S/C16H20Cl2O2/c1-2-20-16(11-7-4-3-5-8-11)15(19)12-9-6-10-13(17)14(12)18/h6,9-11,16H,2-5,7-8H2,1H3. The van der Waals surface area contributed by atoms with Gasteiger partial charge in [-0.15, -0.1) is 0 Å². The molecule has 110 valence electrons. The van der Waals surface area contributed by atoms with Crippen molar-refractivity contribution in [2.75, 3.05) is 6.61 Å². The summed E-state index contributed by atoms with van der Waals surface area (Å²) in [4.78, 5) is 12.7. The van der Waals surface area contributed by atoms with Crippen molar-refractivity contribution in [1.29, 1.82) is 0 Å². The predicted octanol–water partition coefficient (Wildman–Crippen LogP) is 5.16. The van der Waals surface area contributed by atoms with Crippen LogP contribution in [0, 0.1) is 5.92 Å². The van der Waals surface area contributed by atoms with E-state index in [-0.39, 0.29) is 5.78 Å². The first-order chi connectivity index (χ1) is 9.65. The molecule has 1 aliphatic carbocycles. The summed E-state index contributed by atoms with van der Waals surface area (Å²) in [6, 6.07) is 5.17. The van der Waals surface area contributed by atoms with Crippen molar-refractivity contribution < 1.29 is 9.53 Å². The molecule has 1 unspecified atom stereocenters. The lowest BCUT2D eigenvalue weighted by Crippen LogP contribution is -2.34. The Hall–Kier alpha value is -0.570. The van der Waals surface area contributed by atoms with E-state index in [1.165, 1.54) is 19.3 Å². The number of ketones is 1. The summed E-state index contributed by atoms with van der Waals surface area (Å²) in [5.41, 5.74) is 0.475. The largest absolute Gasteiger partial charge is 0.370 e. The van der Waals surface area contributed by atoms with Gasteiger partial charge in [-0.3, -0.25) is 4.79 Å². The third kappa shape index (κ3) is 3.55. The van der Waals surface area contributed by atoms with E-state index in [1.807, 2.05) is 6.92 Å². The number of Topliss-reactive ketones (excluding diaryl/α,β-unsaturated/α-hetero) is 1. The van der Waals surface area contributed by atoms with Gasteiger partial charge in [0, 0.05) is 12.2 Å². The summed E-state index contributed by atoms with van der Waals surface area (Å²) in [6.07, 6.45) is 5.30. The number of halogens is 2. The lowest BCUT2D eigenvalue weighted by Gasteiger charge is -2.29. The van der Waals surface area contributed by atoms with Gasteiger partial charge >= 0.3 is 0 Å². The molecule has 1 aromatic carbocycles. The van der Waals surface area contributed by atoms with Crippen LogP contribution < -0.4 is 0 Å². The molecule has 0 bridgehead atoms. The summed E-state index contributed by atoms with van der Waals surface area (Å²) >= 11 is 12.2. The van der Waals surface area contributed by atoms with Crippen molar-refractivity contribution in [2.45, 2.75) is 45.1 Å². The van der Waals surface area contributed by atoms with Crippen LogP contribution >= 0.6 is 23.2 Å². The van der Waals surface area contributed by atoms with Gasteiger partial charge in [0.05, 0.1) is 10.0 Å². The van der Waals surface area contributed by atoms with Crippen molar-refractivity contribution in [3.05, 3.63) is 33.8 Å². The molecule has 0 saturated heterocycles. The van der Waals surface area contributed by atoms with Gasteiger partial charge in [0.1, 0.15) is 6.10 Å². The van der Waals surface area contributed by atoms with Crippen LogP contribution in [0.5, 0.6) is 0 Å². The Morgan fingerprint density at radius 3 is 2.65 bits per heavy atom. The van der Waals surface area contributed by atoms with E-state index in [4.69, 9.17) is 27.9 Å². The highest BCUT2D eigenvalue weighted by molar-refractivity contribution is 6.44. The molecule has 1 saturated carbocycles. The Bertz CT molecular complexity index is 468. The third-order valence-electron chi connectivity index (χ3n) is 3.90. The minimum Gasteiger partial charge on any atom is -0.370 e. The van der Waals surface area contributed by atoms with Crippen molar-refractivity contribution >= 4 is 29.0 Å². The fraction of sp³-hybridized carbons (Fsp3) is 0.562. The average Bonchev–Trinajstić information content (AvgIpc) is 2.48. The maximum absolute atomic E-state index is 12.7. The maximum Gasteiger partial charge on any atom is 0.193 e. The van der Waals surface area contributed by atoms with Gasteiger partial charge in [0.15, 0.2) is 5.78 Å². The number of benzene rings is 1. The molecule has 0 N–H and O–H groups in total. The van der Waals surface area contributed by atoms with Gasteiger partial charge < -0.3 is 4.74 Å². The fourth-order valence-electron chi connectivity index (χ4n) is 2.89. The van der Waals surface area contributed by atoms with Gasteiger partial charge in [-0.2, -0.15) is 0 Å². The fourth-order valence-corrected chi connectivity index (χ4v) is 3.28. The molecule has 20 heavy (non-hydrogen) atoms. The first kappa shape index (κ1) is 15.8. The molecular formula is C16H20Cl2O2. The number of ether oxygens (including phenoxy) is 1. The third-order valence-corrected chi connectivity index (χ3v) is 4.72. The van der Waals surface area contributed by atoms with Crippen LogP contribution in [0.4, 0.5) is 0 Å². The summed E-state index contributed by atoms with van der Waals surface area (Å²) in [5, 5.41) is 0.746. The monoisotopic (exact) mass is 314 g/mol. The Morgan fingerprint density at radius 1 is 1.30 bits per heavy atom. The van der Waals surface area contributed by atoms with Crippen LogP contribution in [0.2, 0.25) is 10.0 Å². The first-order valence-electron chi connectivity index (χ1n) is 7.25. The van der Waals surface area contributed by atoms with E-state index in [9.17, 15) is 4.79 Å². The molecule has 0 aromatic heterocycles. The highest BCUT2D eigenvalue weighted by Gasteiger charge is 2.31. The number of hydrogen-bond donors (Lipinski definition) is 0. The highest BCUT2D eigenvalue weighted by atomic mass is 35.5. The number of hydrogen-bond acceptors (Lipinski definition) is 2. The van der Waals surface area contributed by atoms with Gasteiger partial charge in [-0.25, -0.2) is 0 Å². The van der Waals surface area contributed by atoms with E-state index in [0.29, 0.717) is 28.1 Å². The Balaban J connectivity index is 2.23. The average molecular weight is 315 g/mol. The Kier molecular flexibility index (Phi) is 5.88. The second-order valence-corrected chi connectivity index (χ2v) is 6.02. The zero-order valence-electron chi connectivity index (χ0n) is 11.7. The van der Waals surface area contributed by atoms with E-state index < -0.39 is 6.10 Å². The molecule has 1 fully saturated rings. The Labute approximate surface area is 130 Å². The second kappa shape index (κ2) is 7.44. The molecule has 0 amide bonds. The van der Waals surface area contributed by atoms with Crippen LogP contribution in [0.15, 0.2) is 18.2 Å². The zero-order chi connectivity index (χ0) is 14.5. The van der Waals surface area contributed by atoms with E-state index in [2.05, 4.69) is 0 Å². The number of carbonyl (C=O) groups is 1. The number of rotatable bonds is 5. The minimum absolute atomic E-state index is 0.0359. The lowest BCUT2D eigenvalue weighted by molar-refractivity contribution is 0.0127.